The van der Waals surface area contributed by atoms with Crippen LogP contribution in [0.2, 0.25) is 0 Å². The van der Waals surface area contributed by atoms with E-state index in [0.717, 1.165) is 28.0 Å². The van der Waals surface area contributed by atoms with Crippen LogP contribution in [-0.2, 0) is 0 Å². The van der Waals surface area contributed by atoms with Gasteiger partial charge in [-0.1, -0.05) is 24.3 Å². The van der Waals surface area contributed by atoms with Gasteiger partial charge in [-0.05, 0) is 41.5 Å². The molecule has 120 valence electrons. The van der Waals surface area contributed by atoms with Gasteiger partial charge in [0, 0.05) is 17.3 Å². The van der Waals surface area contributed by atoms with Crippen molar-refractivity contribution in [3.8, 4) is 28.0 Å². The minimum atomic E-state index is -0.948. The zero-order valence-corrected chi connectivity index (χ0v) is 13.1. The van der Waals surface area contributed by atoms with Gasteiger partial charge in [0.25, 0.3) is 0 Å². The molecule has 5 heteroatoms. The summed E-state index contributed by atoms with van der Waals surface area (Å²) in [5.41, 5.74) is 9.76. The number of carboxylic acids is 1. The van der Waals surface area contributed by atoms with Gasteiger partial charge in [-0.25, -0.2) is 9.78 Å². The van der Waals surface area contributed by atoms with E-state index in [1.165, 1.54) is 0 Å². The maximum absolute atomic E-state index is 10.9. The van der Waals surface area contributed by atoms with Crippen molar-refractivity contribution < 1.29 is 14.6 Å². The number of aromatic nitrogens is 1. The molecule has 0 saturated heterocycles. The summed E-state index contributed by atoms with van der Waals surface area (Å²) in [5, 5.41) is 8.98. The van der Waals surface area contributed by atoms with Crippen molar-refractivity contribution in [2.75, 3.05) is 12.8 Å². The summed E-state index contributed by atoms with van der Waals surface area (Å²) in [6.45, 7) is 0. The summed E-state index contributed by atoms with van der Waals surface area (Å²) >= 11 is 0. The van der Waals surface area contributed by atoms with E-state index < -0.39 is 5.97 Å². The average molecular weight is 320 g/mol. The summed E-state index contributed by atoms with van der Waals surface area (Å²) in [6, 6.07) is 16.2. The number of pyridine rings is 1. The van der Waals surface area contributed by atoms with Crippen molar-refractivity contribution in [3.63, 3.8) is 0 Å². The number of hydrogen-bond donors (Lipinski definition) is 2. The molecular formula is C19H16N2O3. The van der Waals surface area contributed by atoms with Gasteiger partial charge in [0.2, 0.25) is 0 Å². The predicted octanol–water partition coefficient (Wildman–Crippen LogP) is 3.70. The molecule has 0 aliphatic carbocycles. The van der Waals surface area contributed by atoms with E-state index in [9.17, 15) is 4.79 Å². The predicted molar refractivity (Wildman–Crippen MR) is 93.0 cm³/mol. The molecule has 0 fully saturated rings. The first kappa shape index (κ1) is 15.6. The summed E-state index contributed by atoms with van der Waals surface area (Å²) in [5.74, 6) is 0.257. The lowest BCUT2D eigenvalue weighted by Crippen LogP contribution is -1.97. The van der Waals surface area contributed by atoms with Crippen LogP contribution in [0.4, 0.5) is 5.82 Å². The lowest BCUT2D eigenvalue weighted by Gasteiger charge is -2.09. The molecule has 0 amide bonds. The number of ether oxygens (including phenoxy) is 1. The second-order valence-electron chi connectivity index (χ2n) is 5.27. The van der Waals surface area contributed by atoms with Crippen LogP contribution in [-0.4, -0.2) is 23.2 Å². The number of carboxylic acid groups (broad SMARTS) is 1. The van der Waals surface area contributed by atoms with Crippen LogP contribution in [0.5, 0.6) is 5.75 Å². The van der Waals surface area contributed by atoms with Crippen molar-refractivity contribution in [2.45, 2.75) is 0 Å². The van der Waals surface area contributed by atoms with E-state index in [1.54, 1.807) is 37.6 Å². The van der Waals surface area contributed by atoms with E-state index in [1.807, 2.05) is 30.3 Å². The van der Waals surface area contributed by atoms with Crippen LogP contribution in [0, 0.1) is 0 Å². The largest absolute Gasteiger partial charge is 0.497 e. The Hall–Kier alpha value is -3.34. The Kier molecular flexibility index (Phi) is 4.16. The number of nitrogen functional groups attached to an aromatic ring is 1. The van der Waals surface area contributed by atoms with Crippen LogP contribution in [0.25, 0.3) is 22.3 Å². The number of hydrogen-bond acceptors (Lipinski definition) is 4. The maximum atomic E-state index is 10.9. The number of nitrogens with zero attached hydrogens (tertiary/aromatic N) is 1. The number of anilines is 1. The molecule has 0 aliphatic rings. The molecule has 1 heterocycles. The fraction of sp³-hybridized carbons (Fsp3) is 0.0526. The number of nitrogens with two attached hydrogens (primary N) is 1. The monoisotopic (exact) mass is 320 g/mol. The Morgan fingerprint density at radius 3 is 2.21 bits per heavy atom. The van der Waals surface area contributed by atoms with Gasteiger partial charge in [-0.15, -0.1) is 0 Å². The van der Waals surface area contributed by atoms with Gasteiger partial charge >= 0.3 is 5.97 Å². The minimum Gasteiger partial charge on any atom is -0.497 e. The van der Waals surface area contributed by atoms with Crippen LogP contribution in [0.15, 0.2) is 60.8 Å². The standard InChI is InChI=1S/C19H16N2O3/c1-24-16-8-6-13(7-9-16)17-10-15(11-21-18(17)20)12-2-4-14(5-3-12)19(22)23/h2-11H,1H3,(H2,20,21)(H,22,23). The van der Waals surface area contributed by atoms with E-state index in [-0.39, 0.29) is 5.56 Å². The zero-order chi connectivity index (χ0) is 17.1. The third-order valence-corrected chi connectivity index (χ3v) is 3.78. The molecule has 0 saturated carbocycles. The van der Waals surface area contributed by atoms with Gasteiger partial charge in [0.15, 0.2) is 0 Å². The van der Waals surface area contributed by atoms with E-state index in [0.29, 0.717) is 5.82 Å². The number of methoxy groups -OCH3 is 1. The van der Waals surface area contributed by atoms with Crippen LogP contribution in [0.1, 0.15) is 10.4 Å². The molecule has 3 N–H and O–H groups in total. The molecule has 5 nitrogen and oxygen atoms in total. The highest BCUT2D eigenvalue weighted by Gasteiger charge is 2.08. The summed E-state index contributed by atoms with van der Waals surface area (Å²) in [7, 11) is 1.62. The van der Waals surface area contributed by atoms with Crippen LogP contribution >= 0.6 is 0 Å². The number of rotatable bonds is 4. The first-order chi connectivity index (χ1) is 11.6. The van der Waals surface area contributed by atoms with Gasteiger partial charge in [0.1, 0.15) is 11.6 Å². The molecule has 0 atom stereocenters. The first-order valence-electron chi connectivity index (χ1n) is 7.32. The lowest BCUT2D eigenvalue weighted by molar-refractivity contribution is 0.0697. The lowest BCUT2D eigenvalue weighted by atomic mass is 10.0. The summed E-state index contributed by atoms with van der Waals surface area (Å²) in [4.78, 5) is 15.2. The number of carbonyl (C=O) groups is 1. The Morgan fingerprint density at radius 1 is 1.00 bits per heavy atom. The molecule has 0 radical (unpaired) electrons. The molecule has 0 spiro atoms. The molecule has 1 aromatic heterocycles. The van der Waals surface area contributed by atoms with Gasteiger partial charge in [-0.3, -0.25) is 0 Å². The van der Waals surface area contributed by atoms with E-state index >= 15 is 0 Å². The summed E-state index contributed by atoms with van der Waals surface area (Å²) in [6.07, 6.45) is 1.68. The van der Waals surface area contributed by atoms with Crippen molar-refractivity contribution in [3.05, 3.63) is 66.4 Å². The highest BCUT2D eigenvalue weighted by atomic mass is 16.5. The third kappa shape index (κ3) is 3.05. The average Bonchev–Trinajstić information content (AvgIpc) is 2.62. The minimum absolute atomic E-state index is 0.248. The van der Waals surface area contributed by atoms with Crippen molar-refractivity contribution in [1.82, 2.24) is 4.98 Å². The fourth-order valence-electron chi connectivity index (χ4n) is 2.44. The molecule has 3 aromatic rings. The zero-order valence-electron chi connectivity index (χ0n) is 13.1. The molecule has 2 aromatic carbocycles. The van der Waals surface area contributed by atoms with Gasteiger partial charge < -0.3 is 15.6 Å². The molecule has 0 aliphatic heterocycles. The molecule has 0 bridgehead atoms. The SMILES string of the molecule is COc1ccc(-c2cc(-c3ccc(C(=O)O)cc3)cnc2N)cc1. The Morgan fingerprint density at radius 2 is 1.62 bits per heavy atom. The smallest absolute Gasteiger partial charge is 0.335 e. The topological polar surface area (TPSA) is 85.4 Å². The highest BCUT2D eigenvalue weighted by Crippen LogP contribution is 2.30. The van der Waals surface area contributed by atoms with Crippen LogP contribution in [0.3, 0.4) is 0 Å². The van der Waals surface area contributed by atoms with Crippen molar-refractivity contribution in [1.29, 1.82) is 0 Å². The Labute approximate surface area is 139 Å². The van der Waals surface area contributed by atoms with Gasteiger partial charge in [-0.2, -0.15) is 0 Å². The normalized spacial score (nSPS) is 10.4. The fourth-order valence-corrected chi connectivity index (χ4v) is 2.44. The van der Waals surface area contributed by atoms with Gasteiger partial charge in [0.05, 0.1) is 12.7 Å². The molecule has 3 rings (SSSR count). The second kappa shape index (κ2) is 6.42. The van der Waals surface area contributed by atoms with Crippen LogP contribution < -0.4 is 10.5 Å². The maximum Gasteiger partial charge on any atom is 0.335 e. The Bertz CT molecular complexity index is 872. The highest BCUT2D eigenvalue weighted by molar-refractivity contribution is 5.88. The third-order valence-electron chi connectivity index (χ3n) is 3.78. The number of aromatic carboxylic acids is 1. The summed E-state index contributed by atoms with van der Waals surface area (Å²) < 4.78 is 5.16. The first-order valence-corrected chi connectivity index (χ1v) is 7.32. The van der Waals surface area contributed by atoms with E-state index in [2.05, 4.69) is 4.98 Å². The Balaban J connectivity index is 2.00. The molecule has 0 unspecified atom stereocenters. The number of benzene rings is 2. The van der Waals surface area contributed by atoms with Crippen molar-refractivity contribution >= 4 is 11.8 Å². The second-order valence-corrected chi connectivity index (χ2v) is 5.27. The molecular weight excluding hydrogens is 304 g/mol. The van der Waals surface area contributed by atoms with E-state index in [4.69, 9.17) is 15.6 Å². The molecule has 24 heavy (non-hydrogen) atoms. The quantitative estimate of drug-likeness (QED) is 0.765. The van der Waals surface area contributed by atoms with Crippen molar-refractivity contribution in [2.24, 2.45) is 0 Å².